The molecular weight excluding hydrogens is 348 g/mol. The van der Waals surface area contributed by atoms with Crippen LogP contribution in [0.3, 0.4) is 0 Å². The molecule has 0 atom stereocenters. The van der Waals surface area contributed by atoms with Crippen LogP contribution in [0.4, 0.5) is 10.8 Å². The lowest BCUT2D eigenvalue weighted by molar-refractivity contribution is -0.116. The Labute approximate surface area is 148 Å². The van der Waals surface area contributed by atoms with Crippen LogP contribution in [0.25, 0.3) is 0 Å². The van der Waals surface area contributed by atoms with Crippen LogP contribution >= 0.6 is 34.9 Å². The molecule has 0 spiro atoms. The Balaban J connectivity index is 1.61. The van der Waals surface area contributed by atoms with Gasteiger partial charge < -0.3 is 10.2 Å². The number of hydrogen-bond donors (Lipinski definition) is 1. The van der Waals surface area contributed by atoms with Crippen molar-refractivity contribution in [1.29, 1.82) is 0 Å². The number of carbonyl (C=O) groups is 1. The van der Waals surface area contributed by atoms with Crippen molar-refractivity contribution in [3.8, 4) is 0 Å². The van der Waals surface area contributed by atoms with E-state index in [4.69, 9.17) is 0 Å². The molecule has 0 bridgehead atoms. The summed E-state index contributed by atoms with van der Waals surface area (Å²) in [6.45, 7) is 4.88. The number of thioether (sulfide) groups is 2. The smallest absolute Gasteiger partial charge is 0.237 e. The first kappa shape index (κ1) is 16.6. The molecule has 1 aromatic heterocycles. The fourth-order valence-corrected chi connectivity index (χ4v) is 4.97. The number of para-hydroxylation sites is 1. The maximum absolute atomic E-state index is 12.6. The Hall–Kier alpha value is -1.25. The van der Waals surface area contributed by atoms with E-state index in [0.29, 0.717) is 11.8 Å². The first-order valence-electron chi connectivity index (χ1n) is 7.38. The quantitative estimate of drug-likeness (QED) is 0.816. The van der Waals surface area contributed by atoms with E-state index in [1.807, 2.05) is 23.1 Å². The number of fused-ring (bicyclic) bond motifs is 1. The van der Waals surface area contributed by atoms with Gasteiger partial charge in [-0.05, 0) is 26.0 Å². The maximum Gasteiger partial charge on any atom is 0.237 e. The van der Waals surface area contributed by atoms with Gasteiger partial charge in [0.15, 0.2) is 4.34 Å². The monoisotopic (exact) mass is 366 g/mol. The van der Waals surface area contributed by atoms with E-state index in [9.17, 15) is 4.79 Å². The molecule has 0 saturated carbocycles. The minimum Gasteiger partial charge on any atom is -0.358 e. The molecule has 0 radical (unpaired) electrons. The van der Waals surface area contributed by atoms with Crippen molar-refractivity contribution >= 4 is 51.6 Å². The first-order valence-corrected chi connectivity index (χ1v) is 10.2. The fraction of sp³-hybridized carbons (Fsp3) is 0.400. The van der Waals surface area contributed by atoms with Crippen molar-refractivity contribution in [1.82, 2.24) is 10.2 Å². The summed E-state index contributed by atoms with van der Waals surface area (Å²) < 4.78 is 0.821. The second-order valence-corrected chi connectivity index (χ2v) is 8.66. The topological polar surface area (TPSA) is 58.1 Å². The number of hydrogen-bond acceptors (Lipinski definition) is 7. The Morgan fingerprint density at radius 2 is 2.22 bits per heavy atom. The van der Waals surface area contributed by atoms with Gasteiger partial charge in [0, 0.05) is 23.2 Å². The largest absolute Gasteiger partial charge is 0.358 e. The van der Waals surface area contributed by atoms with E-state index in [1.165, 1.54) is 28.0 Å². The van der Waals surface area contributed by atoms with E-state index < -0.39 is 0 Å². The van der Waals surface area contributed by atoms with Crippen LogP contribution in [-0.2, 0) is 4.79 Å². The molecule has 0 aliphatic carbocycles. The lowest BCUT2D eigenvalue weighted by Crippen LogP contribution is -2.36. The molecule has 2 aromatic rings. The zero-order valence-electron chi connectivity index (χ0n) is 13.0. The van der Waals surface area contributed by atoms with Gasteiger partial charge in [0.2, 0.25) is 11.0 Å². The molecule has 5 nitrogen and oxygen atoms in total. The zero-order valence-corrected chi connectivity index (χ0v) is 15.4. The number of aromatic nitrogens is 2. The van der Waals surface area contributed by atoms with Crippen LogP contribution in [0.15, 0.2) is 33.5 Å². The predicted molar refractivity (Wildman–Crippen MR) is 98.9 cm³/mol. The molecule has 3 rings (SSSR count). The molecule has 1 aliphatic heterocycles. The number of nitrogens with one attached hydrogen (secondary N) is 1. The lowest BCUT2D eigenvalue weighted by atomic mass is 10.3. The third-order valence-electron chi connectivity index (χ3n) is 3.17. The molecule has 8 heteroatoms. The minimum atomic E-state index is 0.122. The number of benzene rings is 1. The van der Waals surface area contributed by atoms with Gasteiger partial charge in [-0.1, -0.05) is 35.2 Å². The summed E-state index contributed by atoms with van der Waals surface area (Å²) in [5.41, 5.74) is 1.02. The highest BCUT2D eigenvalue weighted by molar-refractivity contribution is 8.01. The van der Waals surface area contributed by atoms with Gasteiger partial charge in [-0.25, -0.2) is 0 Å². The summed E-state index contributed by atoms with van der Waals surface area (Å²) in [6, 6.07) is 8.40. The van der Waals surface area contributed by atoms with Crippen molar-refractivity contribution in [2.75, 3.05) is 28.3 Å². The minimum absolute atomic E-state index is 0.122. The molecule has 0 saturated heterocycles. The summed E-state index contributed by atoms with van der Waals surface area (Å²) in [4.78, 5) is 15.6. The summed E-state index contributed by atoms with van der Waals surface area (Å²) in [5.74, 6) is 1.45. The van der Waals surface area contributed by atoms with Gasteiger partial charge in [-0.15, -0.1) is 22.0 Å². The predicted octanol–water partition coefficient (Wildman–Crippen LogP) is 3.59. The average molecular weight is 367 g/mol. The maximum atomic E-state index is 12.6. The van der Waals surface area contributed by atoms with E-state index in [1.54, 1.807) is 11.8 Å². The SMILES string of the molecule is CC(C)Nc1nnc(SCC(=O)N2CCSc3ccccc32)s1. The van der Waals surface area contributed by atoms with Crippen LogP contribution in [0, 0.1) is 0 Å². The van der Waals surface area contributed by atoms with Gasteiger partial charge in [-0.2, -0.15) is 0 Å². The molecule has 1 N–H and O–H groups in total. The van der Waals surface area contributed by atoms with Crippen molar-refractivity contribution in [3.05, 3.63) is 24.3 Å². The Morgan fingerprint density at radius 3 is 3.04 bits per heavy atom. The molecule has 23 heavy (non-hydrogen) atoms. The van der Waals surface area contributed by atoms with Gasteiger partial charge in [0.25, 0.3) is 0 Å². The third-order valence-corrected chi connectivity index (χ3v) is 6.18. The average Bonchev–Trinajstić information content (AvgIpc) is 2.98. The standard InChI is InChI=1S/C15H18N4OS3/c1-10(2)16-14-17-18-15(23-14)22-9-13(20)19-7-8-21-12-6-4-3-5-11(12)19/h3-6,10H,7-9H2,1-2H3,(H,16,17). The first-order chi connectivity index (χ1) is 11.1. The Kier molecular flexibility index (Phi) is 5.45. The summed E-state index contributed by atoms with van der Waals surface area (Å²) in [6.07, 6.45) is 0. The van der Waals surface area contributed by atoms with E-state index in [0.717, 1.165) is 27.5 Å². The van der Waals surface area contributed by atoms with Gasteiger partial charge in [-0.3, -0.25) is 4.79 Å². The number of rotatable bonds is 5. The second-order valence-electron chi connectivity index (χ2n) is 5.32. The van der Waals surface area contributed by atoms with E-state index in [2.05, 4.69) is 35.4 Å². The summed E-state index contributed by atoms with van der Waals surface area (Å²) >= 11 is 4.75. The van der Waals surface area contributed by atoms with Crippen LogP contribution in [0.2, 0.25) is 0 Å². The number of carbonyl (C=O) groups excluding carboxylic acids is 1. The van der Waals surface area contributed by atoms with Crippen LogP contribution in [-0.4, -0.2) is 40.2 Å². The Morgan fingerprint density at radius 1 is 1.39 bits per heavy atom. The number of anilines is 2. The summed E-state index contributed by atoms with van der Waals surface area (Å²) in [5, 5.41) is 12.2. The molecule has 1 amide bonds. The molecular formula is C15H18N4OS3. The van der Waals surface area contributed by atoms with Crippen molar-refractivity contribution in [3.63, 3.8) is 0 Å². The van der Waals surface area contributed by atoms with Crippen LogP contribution in [0.5, 0.6) is 0 Å². The molecule has 1 aliphatic rings. The van der Waals surface area contributed by atoms with Crippen molar-refractivity contribution < 1.29 is 4.79 Å². The molecule has 1 aromatic carbocycles. The van der Waals surface area contributed by atoms with Crippen LogP contribution < -0.4 is 10.2 Å². The number of amides is 1. The van der Waals surface area contributed by atoms with E-state index in [-0.39, 0.29) is 5.91 Å². The van der Waals surface area contributed by atoms with Crippen LogP contribution in [0.1, 0.15) is 13.8 Å². The Bertz CT molecular complexity index is 689. The molecule has 2 heterocycles. The van der Waals surface area contributed by atoms with Crippen molar-refractivity contribution in [2.45, 2.75) is 29.1 Å². The van der Waals surface area contributed by atoms with Gasteiger partial charge in [0.05, 0.1) is 11.4 Å². The normalized spacial score (nSPS) is 14.0. The van der Waals surface area contributed by atoms with Gasteiger partial charge >= 0.3 is 0 Å². The summed E-state index contributed by atoms with van der Waals surface area (Å²) in [7, 11) is 0. The van der Waals surface area contributed by atoms with Crippen molar-refractivity contribution in [2.24, 2.45) is 0 Å². The highest BCUT2D eigenvalue weighted by Gasteiger charge is 2.22. The third kappa shape index (κ3) is 4.19. The fourth-order valence-electron chi connectivity index (χ4n) is 2.20. The zero-order chi connectivity index (χ0) is 16.2. The second kappa shape index (κ2) is 7.55. The highest BCUT2D eigenvalue weighted by atomic mass is 32.2. The van der Waals surface area contributed by atoms with Gasteiger partial charge in [0.1, 0.15) is 0 Å². The number of nitrogens with zero attached hydrogens (tertiary/aromatic N) is 3. The van der Waals surface area contributed by atoms with E-state index >= 15 is 0 Å². The molecule has 0 unspecified atom stereocenters. The molecule has 122 valence electrons. The molecule has 0 fully saturated rings. The highest BCUT2D eigenvalue weighted by Crippen LogP contribution is 2.35. The lowest BCUT2D eigenvalue weighted by Gasteiger charge is -2.28.